The average Bonchev–Trinajstić information content (AvgIpc) is 2.81. The van der Waals surface area contributed by atoms with Gasteiger partial charge in [0.05, 0.1) is 12.4 Å². The third-order valence-electron chi connectivity index (χ3n) is 2.67. The van der Waals surface area contributed by atoms with Gasteiger partial charge in [-0.05, 0) is 12.8 Å². The van der Waals surface area contributed by atoms with Crippen LogP contribution >= 0.6 is 0 Å². The highest BCUT2D eigenvalue weighted by Gasteiger charge is 2.14. The fraction of sp³-hybridized carbons (Fsp3) is 0.417. The molecule has 0 bridgehead atoms. The minimum atomic E-state index is 0.394. The number of aromatic nitrogens is 3. The molecule has 2 aromatic rings. The number of hydrogen-bond donors (Lipinski definition) is 0. The van der Waals surface area contributed by atoms with Crippen molar-refractivity contribution >= 4 is 0 Å². The first kappa shape index (κ1) is 10.8. The van der Waals surface area contributed by atoms with Gasteiger partial charge in [0.25, 0.3) is 0 Å². The van der Waals surface area contributed by atoms with Gasteiger partial charge in [0.15, 0.2) is 11.7 Å². The topological polar surface area (TPSA) is 51.8 Å². The van der Waals surface area contributed by atoms with Gasteiger partial charge in [-0.15, -0.1) is 0 Å². The van der Waals surface area contributed by atoms with E-state index >= 15 is 0 Å². The smallest absolute Gasteiger partial charge is 0.198 e. The average molecular weight is 217 g/mol. The molecule has 4 nitrogen and oxygen atoms in total. The maximum Gasteiger partial charge on any atom is 0.198 e. The molecule has 0 aliphatic rings. The van der Waals surface area contributed by atoms with E-state index in [0.29, 0.717) is 11.7 Å². The van der Waals surface area contributed by atoms with Crippen LogP contribution in [0, 0.1) is 0 Å². The van der Waals surface area contributed by atoms with Gasteiger partial charge in [-0.1, -0.05) is 13.8 Å². The van der Waals surface area contributed by atoms with Crippen LogP contribution in [0.15, 0.2) is 29.2 Å². The van der Waals surface area contributed by atoms with Crippen molar-refractivity contribution in [1.82, 2.24) is 15.0 Å². The Morgan fingerprint density at radius 1 is 1.12 bits per heavy atom. The molecule has 0 N–H and O–H groups in total. The van der Waals surface area contributed by atoms with Gasteiger partial charge in [-0.25, -0.2) is 9.97 Å². The van der Waals surface area contributed by atoms with Crippen molar-refractivity contribution < 1.29 is 4.42 Å². The lowest BCUT2D eigenvalue weighted by atomic mass is 10.0. The highest BCUT2D eigenvalue weighted by molar-refractivity contribution is 5.48. The van der Waals surface area contributed by atoms with E-state index in [1.54, 1.807) is 24.8 Å². The van der Waals surface area contributed by atoms with Crippen LogP contribution < -0.4 is 0 Å². The van der Waals surface area contributed by atoms with Crippen LogP contribution in [0.2, 0.25) is 0 Å². The lowest BCUT2D eigenvalue weighted by molar-refractivity contribution is 0.438. The molecule has 2 aromatic heterocycles. The third kappa shape index (κ3) is 2.10. The van der Waals surface area contributed by atoms with Gasteiger partial charge in [0.2, 0.25) is 0 Å². The summed E-state index contributed by atoms with van der Waals surface area (Å²) in [6, 6.07) is 0. The van der Waals surface area contributed by atoms with Crippen LogP contribution in [0.25, 0.3) is 11.5 Å². The maximum absolute atomic E-state index is 5.70. The summed E-state index contributed by atoms with van der Waals surface area (Å²) in [6.45, 7) is 4.28. The van der Waals surface area contributed by atoms with Gasteiger partial charge >= 0.3 is 0 Å². The minimum Gasteiger partial charge on any atom is -0.439 e. The van der Waals surface area contributed by atoms with Crippen LogP contribution in [-0.4, -0.2) is 15.0 Å². The number of oxazole rings is 1. The summed E-state index contributed by atoms with van der Waals surface area (Å²) in [5, 5.41) is 0. The highest BCUT2D eigenvalue weighted by atomic mass is 16.4. The normalized spacial score (nSPS) is 10.9. The van der Waals surface area contributed by atoms with Crippen molar-refractivity contribution in [1.29, 1.82) is 0 Å². The summed E-state index contributed by atoms with van der Waals surface area (Å²) >= 11 is 0. The first-order valence-corrected chi connectivity index (χ1v) is 5.57. The summed E-state index contributed by atoms with van der Waals surface area (Å²) in [5.41, 5.74) is 0.729. The minimum absolute atomic E-state index is 0.394. The van der Waals surface area contributed by atoms with E-state index in [0.717, 1.165) is 24.4 Å². The predicted molar refractivity (Wildman–Crippen MR) is 60.9 cm³/mol. The zero-order chi connectivity index (χ0) is 11.4. The first-order chi connectivity index (χ1) is 7.85. The van der Waals surface area contributed by atoms with Crippen molar-refractivity contribution in [3.05, 3.63) is 30.7 Å². The van der Waals surface area contributed by atoms with Crippen molar-refractivity contribution in [3.63, 3.8) is 0 Å². The molecule has 0 aromatic carbocycles. The lowest BCUT2D eigenvalue weighted by Crippen LogP contribution is -1.94. The maximum atomic E-state index is 5.70. The monoisotopic (exact) mass is 217 g/mol. The van der Waals surface area contributed by atoms with E-state index in [1.807, 2.05) is 0 Å². The van der Waals surface area contributed by atoms with Crippen LogP contribution in [0.4, 0.5) is 0 Å². The van der Waals surface area contributed by atoms with Gasteiger partial charge in [0, 0.05) is 18.3 Å². The van der Waals surface area contributed by atoms with Crippen molar-refractivity contribution in [2.75, 3.05) is 0 Å². The standard InChI is InChI=1S/C12H15N3O/c1-3-9(4-2)12-15-8-11(16-12)10-7-13-5-6-14-10/h5-9H,3-4H2,1-2H3. The number of hydrogen-bond acceptors (Lipinski definition) is 4. The summed E-state index contributed by atoms with van der Waals surface area (Å²) in [7, 11) is 0. The summed E-state index contributed by atoms with van der Waals surface area (Å²) in [5.74, 6) is 1.88. The molecule has 0 spiro atoms. The molecule has 84 valence electrons. The van der Waals surface area contributed by atoms with E-state index in [2.05, 4.69) is 28.8 Å². The Morgan fingerprint density at radius 3 is 2.56 bits per heavy atom. The zero-order valence-corrected chi connectivity index (χ0v) is 9.55. The molecule has 0 fully saturated rings. The Balaban J connectivity index is 2.26. The van der Waals surface area contributed by atoms with E-state index in [4.69, 9.17) is 4.42 Å². The fourth-order valence-electron chi connectivity index (χ4n) is 1.66. The molecular weight excluding hydrogens is 202 g/mol. The Kier molecular flexibility index (Phi) is 3.29. The largest absolute Gasteiger partial charge is 0.439 e. The third-order valence-corrected chi connectivity index (χ3v) is 2.67. The zero-order valence-electron chi connectivity index (χ0n) is 9.55. The van der Waals surface area contributed by atoms with E-state index in [9.17, 15) is 0 Å². The van der Waals surface area contributed by atoms with E-state index in [-0.39, 0.29) is 0 Å². The van der Waals surface area contributed by atoms with Crippen molar-refractivity contribution in [2.24, 2.45) is 0 Å². The van der Waals surface area contributed by atoms with Crippen LogP contribution in [0.1, 0.15) is 38.5 Å². The molecule has 0 atom stereocenters. The molecule has 0 saturated carbocycles. The summed E-state index contributed by atoms with van der Waals surface area (Å²) < 4.78 is 5.70. The molecule has 2 heterocycles. The molecular formula is C12H15N3O. The lowest BCUT2D eigenvalue weighted by Gasteiger charge is -2.05. The molecule has 0 aliphatic heterocycles. The van der Waals surface area contributed by atoms with Gasteiger partial charge in [-0.3, -0.25) is 4.98 Å². The Bertz CT molecular complexity index is 435. The second-order valence-electron chi connectivity index (χ2n) is 3.67. The molecule has 0 radical (unpaired) electrons. The van der Waals surface area contributed by atoms with Gasteiger partial charge in [0.1, 0.15) is 5.69 Å². The molecule has 4 heteroatoms. The molecule has 16 heavy (non-hydrogen) atoms. The SMILES string of the molecule is CCC(CC)c1ncc(-c2cnccn2)o1. The van der Waals surface area contributed by atoms with E-state index < -0.39 is 0 Å². The van der Waals surface area contributed by atoms with Crippen molar-refractivity contribution in [2.45, 2.75) is 32.6 Å². The Labute approximate surface area is 94.8 Å². The van der Waals surface area contributed by atoms with Crippen LogP contribution in [0.5, 0.6) is 0 Å². The van der Waals surface area contributed by atoms with Crippen LogP contribution in [-0.2, 0) is 0 Å². The van der Waals surface area contributed by atoms with Crippen molar-refractivity contribution in [3.8, 4) is 11.5 Å². The molecule has 0 saturated heterocycles. The van der Waals surface area contributed by atoms with Crippen LogP contribution in [0.3, 0.4) is 0 Å². The highest BCUT2D eigenvalue weighted by Crippen LogP contribution is 2.25. The molecule has 0 unspecified atom stereocenters. The fourth-order valence-corrected chi connectivity index (χ4v) is 1.66. The second kappa shape index (κ2) is 4.88. The molecule has 0 amide bonds. The van der Waals surface area contributed by atoms with Gasteiger partial charge < -0.3 is 4.42 Å². The quantitative estimate of drug-likeness (QED) is 0.789. The summed E-state index contributed by atoms with van der Waals surface area (Å²) in [6.07, 6.45) is 8.76. The second-order valence-corrected chi connectivity index (χ2v) is 3.67. The summed E-state index contributed by atoms with van der Waals surface area (Å²) in [4.78, 5) is 12.5. The number of nitrogens with zero attached hydrogens (tertiary/aromatic N) is 3. The predicted octanol–water partition coefficient (Wildman–Crippen LogP) is 3.04. The first-order valence-electron chi connectivity index (χ1n) is 5.57. The Hall–Kier alpha value is -1.71. The van der Waals surface area contributed by atoms with E-state index in [1.165, 1.54) is 0 Å². The Morgan fingerprint density at radius 2 is 1.94 bits per heavy atom. The number of rotatable bonds is 4. The molecule has 0 aliphatic carbocycles. The molecule has 2 rings (SSSR count). The van der Waals surface area contributed by atoms with Gasteiger partial charge in [-0.2, -0.15) is 0 Å².